The van der Waals surface area contributed by atoms with Gasteiger partial charge in [-0.05, 0) is 37.1 Å². The van der Waals surface area contributed by atoms with E-state index in [0.29, 0.717) is 10.6 Å². The molecule has 0 unspecified atom stereocenters. The number of para-hydroxylation sites is 1. The Balaban J connectivity index is 1.92. The van der Waals surface area contributed by atoms with Crippen molar-refractivity contribution in [1.82, 2.24) is 5.32 Å². The van der Waals surface area contributed by atoms with Crippen LogP contribution in [-0.4, -0.2) is 23.6 Å². The molecule has 0 fully saturated rings. The maximum Gasteiger partial charge on any atom is 0.342 e. The number of nitrogens with one attached hydrogen (secondary N) is 1. The molecular formula is C18H18ClNO4. The SMILES string of the molecule is Cc1cccc(C(=O)OCC(=O)N[C@H](C)c2ccccc2Cl)c1O. The second-order valence-electron chi connectivity index (χ2n) is 5.36. The van der Waals surface area contributed by atoms with Crippen LogP contribution in [0.15, 0.2) is 42.5 Å². The Hall–Kier alpha value is -2.53. The average Bonchev–Trinajstić information content (AvgIpc) is 2.55. The highest BCUT2D eigenvalue weighted by Crippen LogP contribution is 2.23. The zero-order valence-corrected chi connectivity index (χ0v) is 14.1. The van der Waals surface area contributed by atoms with E-state index in [0.717, 1.165) is 5.56 Å². The molecule has 126 valence electrons. The Morgan fingerprint density at radius 2 is 1.92 bits per heavy atom. The minimum atomic E-state index is -0.753. The van der Waals surface area contributed by atoms with Gasteiger partial charge in [-0.15, -0.1) is 0 Å². The van der Waals surface area contributed by atoms with E-state index >= 15 is 0 Å². The number of carbonyl (C=O) groups is 2. The molecule has 2 aromatic rings. The van der Waals surface area contributed by atoms with Crippen molar-refractivity contribution in [1.29, 1.82) is 0 Å². The lowest BCUT2D eigenvalue weighted by atomic mass is 10.1. The number of hydrogen-bond acceptors (Lipinski definition) is 4. The van der Waals surface area contributed by atoms with Gasteiger partial charge in [0.2, 0.25) is 0 Å². The average molecular weight is 348 g/mol. The fourth-order valence-corrected chi connectivity index (χ4v) is 2.52. The van der Waals surface area contributed by atoms with Crippen molar-refractivity contribution in [2.45, 2.75) is 19.9 Å². The normalized spacial score (nSPS) is 11.6. The summed E-state index contributed by atoms with van der Waals surface area (Å²) in [6.45, 7) is 3.01. The van der Waals surface area contributed by atoms with Crippen molar-refractivity contribution >= 4 is 23.5 Å². The van der Waals surface area contributed by atoms with Crippen LogP contribution in [0.25, 0.3) is 0 Å². The van der Waals surface area contributed by atoms with Crippen molar-refractivity contribution in [3.8, 4) is 5.75 Å². The molecule has 0 aromatic heterocycles. The maximum absolute atomic E-state index is 11.9. The van der Waals surface area contributed by atoms with Gasteiger partial charge in [-0.2, -0.15) is 0 Å². The maximum atomic E-state index is 11.9. The van der Waals surface area contributed by atoms with Gasteiger partial charge in [0.25, 0.3) is 5.91 Å². The summed E-state index contributed by atoms with van der Waals surface area (Å²) in [6.07, 6.45) is 0. The van der Waals surface area contributed by atoms with Crippen molar-refractivity contribution in [3.05, 3.63) is 64.2 Å². The molecule has 0 saturated carbocycles. The van der Waals surface area contributed by atoms with Crippen LogP contribution in [0.3, 0.4) is 0 Å². The fraction of sp³-hybridized carbons (Fsp3) is 0.222. The third-order valence-corrected chi connectivity index (χ3v) is 3.89. The molecule has 0 aliphatic carbocycles. The van der Waals surface area contributed by atoms with Crippen LogP contribution in [-0.2, 0) is 9.53 Å². The Morgan fingerprint density at radius 3 is 2.62 bits per heavy atom. The summed E-state index contributed by atoms with van der Waals surface area (Å²) in [6, 6.07) is 11.6. The number of esters is 1. The number of phenols is 1. The van der Waals surface area contributed by atoms with E-state index in [9.17, 15) is 14.7 Å². The molecule has 24 heavy (non-hydrogen) atoms. The van der Waals surface area contributed by atoms with Gasteiger partial charge in [0, 0.05) is 5.02 Å². The smallest absolute Gasteiger partial charge is 0.342 e. The Morgan fingerprint density at radius 1 is 1.21 bits per heavy atom. The molecule has 0 heterocycles. The topological polar surface area (TPSA) is 75.6 Å². The van der Waals surface area contributed by atoms with Gasteiger partial charge in [-0.25, -0.2) is 4.79 Å². The van der Waals surface area contributed by atoms with Crippen LogP contribution >= 0.6 is 11.6 Å². The van der Waals surface area contributed by atoms with Crippen LogP contribution in [0.4, 0.5) is 0 Å². The number of carbonyl (C=O) groups excluding carboxylic acids is 2. The van der Waals surface area contributed by atoms with Crippen molar-refractivity contribution in [3.63, 3.8) is 0 Å². The molecule has 0 bridgehead atoms. The Bertz CT molecular complexity index is 760. The summed E-state index contributed by atoms with van der Waals surface area (Å²) >= 11 is 6.08. The number of rotatable bonds is 5. The quantitative estimate of drug-likeness (QED) is 0.813. The third-order valence-electron chi connectivity index (χ3n) is 3.54. The zero-order valence-electron chi connectivity index (χ0n) is 13.4. The summed E-state index contributed by atoms with van der Waals surface area (Å²) in [4.78, 5) is 23.9. The van der Waals surface area contributed by atoms with E-state index in [-0.39, 0.29) is 17.4 Å². The molecular weight excluding hydrogens is 330 g/mol. The summed E-state index contributed by atoms with van der Waals surface area (Å²) < 4.78 is 4.95. The molecule has 5 nitrogen and oxygen atoms in total. The van der Waals surface area contributed by atoms with E-state index in [1.165, 1.54) is 6.07 Å². The highest BCUT2D eigenvalue weighted by atomic mass is 35.5. The molecule has 6 heteroatoms. The standard InChI is InChI=1S/C18H18ClNO4/c1-11-6-5-8-14(17(11)22)18(23)24-10-16(21)20-12(2)13-7-3-4-9-15(13)19/h3-9,12,22H,10H2,1-2H3,(H,20,21)/t12-/m1/s1. The van der Waals surface area contributed by atoms with E-state index in [1.54, 1.807) is 38.1 Å². The molecule has 0 saturated heterocycles. The second-order valence-corrected chi connectivity index (χ2v) is 5.77. The molecule has 2 N–H and O–H groups in total. The number of amides is 1. The number of ether oxygens (including phenoxy) is 1. The van der Waals surface area contributed by atoms with Gasteiger partial charge in [0.05, 0.1) is 6.04 Å². The van der Waals surface area contributed by atoms with Crippen LogP contribution in [0.1, 0.15) is 34.5 Å². The molecule has 2 aromatic carbocycles. The number of phenolic OH excluding ortho intramolecular Hbond substituents is 1. The molecule has 1 amide bonds. The summed E-state index contributed by atoms with van der Waals surface area (Å²) in [7, 11) is 0. The highest BCUT2D eigenvalue weighted by Gasteiger charge is 2.17. The monoisotopic (exact) mass is 347 g/mol. The minimum Gasteiger partial charge on any atom is -0.507 e. The molecule has 2 rings (SSSR count). The van der Waals surface area contributed by atoms with Gasteiger partial charge >= 0.3 is 5.97 Å². The summed E-state index contributed by atoms with van der Waals surface area (Å²) in [5.74, 6) is -1.35. The number of aromatic hydroxyl groups is 1. The third kappa shape index (κ3) is 4.26. The number of halogens is 1. The van der Waals surface area contributed by atoms with E-state index in [2.05, 4.69) is 5.32 Å². The number of aryl methyl sites for hydroxylation is 1. The lowest BCUT2D eigenvalue weighted by molar-refractivity contribution is -0.124. The molecule has 0 aliphatic heterocycles. The van der Waals surface area contributed by atoms with Gasteiger partial charge < -0.3 is 15.2 Å². The predicted molar refractivity (Wildman–Crippen MR) is 91.1 cm³/mol. The molecule has 0 radical (unpaired) electrons. The number of hydrogen-bond donors (Lipinski definition) is 2. The van der Waals surface area contributed by atoms with Gasteiger partial charge in [-0.1, -0.05) is 41.9 Å². The summed E-state index contributed by atoms with van der Waals surface area (Å²) in [5, 5.41) is 13.1. The van der Waals surface area contributed by atoms with Crippen LogP contribution in [0, 0.1) is 6.92 Å². The van der Waals surface area contributed by atoms with Crippen LogP contribution < -0.4 is 5.32 Å². The van der Waals surface area contributed by atoms with E-state index in [4.69, 9.17) is 16.3 Å². The minimum absolute atomic E-state index is 0.0296. The fourth-order valence-electron chi connectivity index (χ4n) is 2.22. The van der Waals surface area contributed by atoms with Crippen LogP contribution in [0.2, 0.25) is 5.02 Å². The first-order valence-corrected chi connectivity index (χ1v) is 7.77. The van der Waals surface area contributed by atoms with Gasteiger partial charge in [0.15, 0.2) is 6.61 Å². The first-order valence-electron chi connectivity index (χ1n) is 7.39. The van der Waals surface area contributed by atoms with E-state index < -0.39 is 18.5 Å². The summed E-state index contributed by atoms with van der Waals surface area (Å²) in [5.41, 5.74) is 1.36. The lowest BCUT2D eigenvalue weighted by Gasteiger charge is -2.15. The molecule has 0 spiro atoms. The second kappa shape index (κ2) is 7.84. The van der Waals surface area contributed by atoms with E-state index in [1.807, 2.05) is 12.1 Å². The first kappa shape index (κ1) is 17.8. The first-order chi connectivity index (χ1) is 11.4. The van der Waals surface area contributed by atoms with Crippen molar-refractivity contribution in [2.24, 2.45) is 0 Å². The predicted octanol–water partition coefficient (Wildman–Crippen LogP) is 3.39. The van der Waals surface area contributed by atoms with Gasteiger partial charge in [0.1, 0.15) is 11.3 Å². The lowest BCUT2D eigenvalue weighted by Crippen LogP contribution is -2.31. The Kier molecular flexibility index (Phi) is 5.82. The molecule has 0 aliphatic rings. The van der Waals surface area contributed by atoms with Crippen molar-refractivity contribution in [2.75, 3.05) is 6.61 Å². The molecule has 1 atom stereocenters. The Labute approximate surface area is 145 Å². The number of benzene rings is 2. The highest BCUT2D eigenvalue weighted by molar-refractivity contribution is 6.31. The van der Waals surface area contributed by atoms with Crippen molar-refractivity contribution < 1.29 is 19.4 Å². The van der Waals surface area contributed by atoms with Crippen LogP contribution in [0.5, 0.6) is 5.75 Å². The largest absolute Gasteiger partial charge is 0.507 e. The van der Waals surface area contributed by atoms with Gasteiger partial charge in [-0.3, -0.25) is 4.79 Å². The zero-order chi connectivity index (χ0) is 17.7.